The van der Waals surface area contributed by atoms with Crippen LogP contribution in [0.1, 0.15) is 21.5 Å². The third-order valence-electron chi connectivity index (χ3n) is 3.60. The van der Waals surface area contributed by atoms with E-state index in [1.165, 1.54) is 7.11 Å². The topological polar surface area (TPSA) is 55.4 Å². The number of ether oxygens (including phenoxy) is 1. The average molecular weight is 445 g/mol. The van der Waals surface area contributed by atoms with Gasteiger partial charge in [-0.15, -0.1) is 0 Å². The second-order valence-electron chi connectivity index (χ2n) is 5.30. The Balaban J connectivity index is 2.19. The Morgan fingerprint density at radius 1 is 1.08 bits per heavy atom. The van der Waals surface area contributed by atoms with Crippen LogP contribution in [0.4, 0.5) is 0 Å². The summed E-state index contributed by atoms with van der Waals surface area (Å²) < 4.78 is 4.80. The highest BCUT2D eigenvalue weighted by Gasteiger charge is 2.24. The fourth-order valence-electron chi connectivity index (χ4n) is 2.28. The van der Waals surface area contributed by atoms with Gasteiger partial charge in [-0.2, -0.15) is 0 Å². The van der Waals surface area contributed by atoms with E-state index in [0.717, 1.165) is 16.5 Å². The van der Waals surface area contributed by atoms with E-state index in [-0.39, 0.29) is 15.6 Å². The van der Waals surface area contributed by atoms with E-state index in [1.54, 1.807) is 18.2 Å². The number of benzene rings is 2. The first-order valence-corrected chi connectivity index (χ1v) is 9.30. The van der Waals surface area contributed by atoms with E-state index < -0.39 is 17.9 Å². The van der Waals surface area contributed by atoms with Gasteiger partial charge in [-0.25, -0.2) is 4.79 Å². The fraction of sp³-hybridized carbons (Fsp3) is 0.222. The van der Waals surface area contributed by atoms with E-state index >= 15 is 0 Å². The highest BCUT2D eigenvalue weighted by atomic mass is 79.9. The van der Waals surface area contributed by atoms with Crippen LogP contribution in [0, 0.1) is 0 Å². The van der Waals surface area contributed by atoms with Gasteiger partial charge in [0.25, 0.3) is 5.91 Å². The largest absolute Gasteiger partial charge is 0.467 e. The van der Waals surface area contributed by atoms with E-state index in [9.17, 15) is 9.59 Å². The van der Waals surface area contributed by atoms with Gasteiger partial charge in [-0.05, 0) is 23.3 Å². The third-order valence-corrected chi connectivity index (χ3v) is 4.88. The first-order valence-electron chi connectivity index (χ1n) is 7.42. The van der Waals surface area contributed by atoms with Crippen LogP contribution < -0.4 is 5.32 Å². The van der Waals surface area contributed by atoms with Crippen LogP contribution in [-0.4, -0.2) is 25.0 Å². The highest BCUT2D eigenvalue weighted by molar-refractivity contribution is 9.08. The van der Waals surface area contributed by atoms with Crippen LogP contribution in [0.3, 0.4) is 0 Å². The van der Waals surface area contributed by atoms with Gasteiger partial charge in [0.05, 0.1) is 22.7 Å². The summed E-state index contributed by atoms with van der Waals surface area (Å²) in [6.07, 6.45) is 0.295. The summed E-state index contributed by atoms with van der Waals surface area (Å²) in [5.41, 5.74) is 2.14. The molecule has 0 fully saturated rings. The van der Waals surface area contributed by atoms with Crippen LogP contribution in [0.2, 0.25) is 10.0 Å². The lowest BCUT2D eigenvalue weighted by Crippen LogP contribution is -2.43. The standard InChI is InChI=1S/C18H16BrCl2NO3/c1-25-18(24)15(9-11-5-7-12(10-19)8-6-11)22-17(23)16-13(20)3-2-4-14(16)21/h2-8,15H,9-10H2,1H3,(H,22,23)/t15-/m0/s1. The smallest absolute Gasteiger partial charge is 0.328 e. The van der Waals surface area contributed by atoms with E-state index in [1.807, 2.05) is 24.3 Å². The van der Waals surface area contributed by atoms with Crippen LogP contribution in [-0.2, 0) is 21.3 Å². The van der Waals surface area contributed by atoms with Crippen molar-refractivity contribution in [3.8, 4) is 0 Å². The zero-order valence-corrected chi connectivity index (χ0v) is 16.5. The zero-order valence-electron chi connectivity index (χ0n) is 13.4. The number of hydrogen-bond donors (Lipinski definition) is 1. The van der Waals surface area contributed by atoms with E-state index in [0.29, 0.717) is 6.42 Å². The van der Waals surface area contributed by atoms with Crippen molar-refractivity contribution in [2.24, 2.45) is 0 Å². The summed E-state index contributed by atoms with van der Waals surface area (Å²) in [4.78, 5) is 24.6. The maximum absolute atomic E-state index is 12.5. The van der Waals surface area contributed by atoms with Crippen molar-refractivity contribution in [1.29, 1.82) is 0 Å². The molecule has 4 nitrogen and oxygen atoms in total. The minimum absolute atomic E-state index is 0.134. The molecule has 0 bridgehead atoms. The molecule has 2 aromatic carbocycles. The quantitative estimate of drug-likeness (QED) is 0.530. The molecule has 0 saturated heterocycles. The summed E-state index contributed by atoms with van der Waals surface area (Å²) in [6.45, 7) is 0. The van der Waals surface area contributed by atoms with Crippen molar-refractivity contribution >= 4 is 51.0 Å². The molecule has 0 aliphatic heterocycles. The van der Waals surface area contributed by atoms with Gasteiger partial charge in [0.2, 0.25) is 0 Å². The number of nitrogens with one attached hydrogen (secondary N) is 1. The third kappa shape index (κ3) is 5.21. The molecule has 7 heteroatoms. The normalized spacial score (nSPS) is 11.7. The molecule has 2 rings (SSSR count). The maximum Gasteiger partial charge on any atom is 0.328 e. The Labute approximate surface area is 164 Å². The van der Waals surface area contributed by atoms with Gasteiger partial charge in [-0.1, -0.05) is 69.5 Å². The molecule has 0 aliphatic rings. The predicted molar refractivity (Wildman–Crippen MR) is 103 cm³/mol. The van der Waals surface area contributed by atoms with Gasteiger partial charge < -0.3 is 10.1 Å². The van der Waals surface area contributed by atoms with Crippen molar-refractivity contribution in [3.63, 3.8) is 0 Å². The second-order valence-corrected chi connectivity index (χ2v) is 6.68. The number of halogens is 3. The minimum atomic E-state index is -0.848. The molecule has 25 heavy (non-hydrogen) atoms. The fourth-order valence-corrected chi connectivity index (χ4v) is 3.22. The average Bonchev–Trinajstić information content (AvgIpc) is 2.61. The molecule has 132 valence electrons. The molecule has 0 aliphatic carbocycles. The summed E-state index contributed by atoms with van der Waals surface area (Å²) in [5.74, 6) is -1.07. The molecule has 1 N–H and O–H groups in total. The Kier molecular flexibility index (Phi) is 7.29. The molecule has 0 saturated carbocycles. The number of rotatable bonds is 6. The summed E-state index contributed by atoms with van der Waals surface area (Å²) in [6, 6.07) is 11.6. The minimum Gasteiger partial charge on any atom is -0.467 e. The summed E-state index contributed by atoms with van der Waals surface area (Å²) in [5, 5.41) is 3.83. The van der Waals surface area contributed by atoms with Gasteiger partial charge >= 0.3 is 5.97 Å². The number of carbonyl (C=O) groups is 2. The Morgan fingerprint density at radius 3 is 2.16 bits per heavy atom. The maximum atomic E-state index is 12.5. The molecular formula is C18H16BrCl2NO3. The Hall–Kier alpha value is -1.56. The van der Waals surface area contributed by atoms with Crippen LogP contribution in [0.15, 0.2) is 42.5 Å². The van der Waals surface area contributed by atoms with Crippen molar-refractivity contribution in [2.45, 2.75) is 17.8 Å². The first-order chi connectivity index (χ1) is 12.0. The predicted octanol–water partition coefficient (Wildman–Crippen LogP) is 4.40. The lowest BCUT2D eigenvalue weighted by molar-refractivity contribution is -0.142. The van der Waals surface area contributed by atoms with Crippen molar-refractivity contribution in [2.75, 3.05) is 7.11 Å². The second kappa shape index (κ2) is 9.22. The molecule has 1 atom stereocenters. The van der Waals surface area contributed by atoms with Gasteiger partial charge in [-0.3, -0.25) is 4.79 Å². The van der Waals surface area contributed by atoms with Crippen LogP contribution >= 0.6 is 39.1 Å². The number of amides is 1. The highest BCUT2D eigenvalue weighted by Crippen LogP contribution is 2.24. The zero-order chi connectivity index (χ0) is 18.4. The Morgan fingerprint density at radius 2 is 1.64 bits per heavy atom. The van der Waals surface area contributed by atoms with Gasteiger partial charge in [0, 0.05) is 11.8 Å². The number of esters is 1. The van der Waals surface area contributed by atoms with E-state index in [4.69, 9.17) is 27.9 Å². The summed E-state index contributed by atoms with van der Waals surface area (Å²) >= 11 is 15.5. The lowest BCUT2D eigenvalue weighted by Gasteiger charge is -2.17. The van der Waals surface area contributed by atoms with Gasteiger partial charge in [0.1, 0.15) is 6.04 Å². The van der Waals surface area contributed by atoms with Crippen molar-refractivity contribution in [3.05, 3.63) is 69.2 Å². The number of alkyl halides is 1. The SMILES string of the molecule is COC(=O)[C@H](Cc1ccc(CBr)cc1)NC(=O)c1c(Cl)cccc1Cl. The number of methoxy groups -OCH3 is 1. The Bertz CT molecular complexity index is 745. The monoisotopic (exact) mass is 443 g/mol. The van der Waals surface area contributed by atoms with Crippen LogP contribution in [0.25, 0.3) is 0 Å². The lowest BCUT2D eigenvalue weighted by atomic mass is 10.0. The molecule has 0 unspecified atom stereocenters. The molecular weight excluding hydrogens is 429 g/mol. The number of carbonyl (C=O) groups excluding carboxylic acids is 2. The molecule has 0 radical (unpaired) electrons. The van der Waals surface area contributed by atoms with Crippen molar-refractivity contribution in [1.82, 2.24) is 5.32 Å². The van der Waals surface area contributed by atoms with Crippen molar-refractivity contribution < 1.29 is 14.3 Å². The molecule has 1 amide bonds. The van der Waals surface area contributed by atoms with E-state index in [2.05, 4.69) is 21.2 Å². The summed E-state index contributed by atoms with van der Waals surface area (Å²) in [7, 11) is 1.28. The first kappa shape index (κ1) is 19.8. The van der Waals surface area contributed by atoms with Crippen LogP contribution in [0.5, 0.6) is 0 Å². The van der Waals surface area contributed by atoms with Gasteiger partial charge in [0.15, 0.2) is 0 Å². The molecule has 0 heterocycles. The molecule has 0 aromatic heterocycles. The molecule has 0 spiro atoms. The molecule has 2 aromatic rings. The number of hydrogen-bond acceptors (Lipinski definition) is 3.